The first kappa shape index (κ1) is 21.4. The van der Waals surface area contributed by atoms with Crippen molar-refractivity contribution in [1.29, 1.82) is 0 Å². The number of benzene rings is 4. The molecule has 4 rings (SSSR count). The Balaban J connectivity index is 1.50. The van der Waals surface area contributed by atoms with E-state index in [4.69, 9.17) is 0 Å². The Labute approximate surface area is 190 Å². The van der Waals surface area contributed by atoms with Gasteiger partial charge in [0.2, 0.25) is 0 Å². The van der Waals surface area contributed by atoms with Gasteiger partial charge in [0.1, 0.15) is 5.82 Å². The first-order chi connectivity index (χ1) is 15.6. The van der Waals surface area contributed by atoms with Gasteiger partial charge in [-0.25, -0.2) is 4.39 Å². The monoisotopic (exact) mass is 416 g/mol. The van der Waals surface area contributed by atoms with Crippen LogP contribution in [0.1, 0.15) is 53.1 Å². The molecule has 0 amide bonds. The number of halogens is 1. The summed E-state index contributed by atoms with van der Waals surface area (Å²) in [6.45, 7) is 4.19. The molecule has 4 aromatic rings. The third kappa shape index (κ3) is 5.26. The van der Waals surface area contributed by atoms with E-state index in [1.54, 1.807) is 0 Å². The van der Waals surface area contributed by atoms with Gasteiger partial charge in [-0.1, -0.05) is 72.9 Å². The largest absolute Gasteiger partial charge is 0.206 e. The molecule has 0 aliphatic rings. The second kappa shape index (κ2) is 10.00. The quantitative estimate of drug-likeness (QED) is 0.305. The normalized spacial score (nSPS) is 10.2. The van der Waals surface area contributed by atoms with Gasteiger partial charge >= 0.3 is 0 Å². The van der Waals surface area contributed by atoms with Gasteiger partial charge in [-0.3, -0.25) is 0 Å². The fourth-order valence-electron chi connectivity index (χ4n) is 3.54. The van der Waals surface area contributed by atoms with Crippen molar-refractivity contribution in [2.45, 2.75) is 33.1 Å². The average molecular weight is 417 g/mol. The lowest BCUT2D eigenvalue weighted by Crippen LogP contribution is -1.92. The van der Waals surface area contributed by atoms with Crippen LogP contribution in [0.15, 0.2) is 78.9 Å². The number of rotatable bonds is 3. The highest BCUT2D eigenvalue weighted by Crippen LogP contribution is 2.23. The highest BCUT2D eigenvalue weighted by molar-refractivity contribution is 5.85. The van der Waals surface area contributed by atoms with E-state index in [-0.39, 0.29) is 5.82 Å². The van der Waals surface area contributed by atoms with E-state index in [0.29, 0.717) is 5.39 Å². The van der Waals surface area contributed by atoms with Gasteiger partial charge < -0.3 is 0 Å². The molecular weight excluding hydrogens is 391 g/mol. The molecule has 4 aromatic carbocycles. The van der Waals surface area contributed by atoms with Gasteiger partial charge in [-0.2, -0.15) is 0 Å². The summed E-state index contributed by atoms with van der Waals surface area (Å²) < 4.78 is 14.8. The molecule has 0 spiro atoms. The maximum absolute atomic E-state index is 14.8. The molecule has 0 heterocycles. The Morgan fingerprint density at radius 1 is 0.656 bits per heavy atom. The van der Waals surface area contributed by atoms with Gasteiger partial charge in [-0.05, 0) is 79.2 Å². The molecule has 156 valence electrons. The lowest BCUT2D eigenvalue weighted by atomic mass is 10.0. The fourth-order valence-corrected chi connectivity index (χ4v) is 3.54. The van der Waals surface area contributed by atoms with Crippen LogP contribution in [0.5, 0.6) is 0 Å². The summed E-state index contributed by atoms with van der Waals surface area (Å²) >= 11 is 0. The third-order valence-electron chi connectivity index (χ3n) is 5.47. The van der Waals surface area contributed by atoms with Crippen LogP contribution in [0, 0.1) is 36.4 Å². The first-order valence-electron chi connectivity index (χ1n) is 11.0. The Hall–Kier alpha value is -3.81. The third-order valence-corrected chi connectivity index (χ3v) is 5.47. The predicted octanol–water partition coefficient (Wildman–Crippen LogP) is 7.43. The molecule has 0 nitrogen and oxygen atoms in total. The predicted molar refractivity (Wildman–Crippen MR) is 132 cm³/mol. The molecule has 0 aromatic heterocycles. The van der Waals surface area contributed by atoms with Crippen LogP contribution in [0.4, 0.5) is 4.39 Å². The molecule has 1 heteroatoms. The van der Waals surface area contributed by atoms with Crippen LogP contribution in [0.25, 0.3) is 10.8 Å². The lowest BCUT2D eigenvalue weighted by Gasteiger charge is -2.06. The Morgan fingerprint density at radius 3 is 1.78 bits per heavy atom. The van der Waals surface area contributed by atoms with E-state index in [2.05, 4.69) is 49.7 Å². The van der Waals surface area contributed by atoms with Gasteiger partial charge in [0, 0.05) is 27.6 Å². The molecule has 0 N–H and O–H groups in total. The van der Waals surface area contributed by atoms with Crippen molar-refractivity contribution in [2.75, 3.05) is 0 Å². The minimum Gasteiger partial charge on any atom is -0.206 e. The van der Waals surface area contributed by atoms with Gasteiger partial charge in [0.05, 0.1) is 0 Å². The van der Waals surface area contributed by atoms with Crippen LogP contribution in [0.3, 0.4) is 0 Å². The lowest BCUT2D eigenvalue weighted by molar-refractivity contribution is 0.614. The van der Waals surface area contributed by atoms with Crippen molar-refractivity contribution in [2.24, 2.45) is 0 Å². The van der Waals surface area contributed by atoms with Crippen molar-refractivity contribution in [3.63, 3.8) is 0 Å². The molecule has 0 saturated heterocycles. The Morgan fingerprint density at radius 2 is 1.19 bits per heavy atom. The molecule has 0 bridgehead atoms. The molecule has 0 radical (unpaired) electrons. The van der Waals surface area contributed by atoms with Crippen molar-refractivity contribution in [3.05, 3.63) is 118 Å². The number of aryl methyl sites for hydroxylation is 2. The topological polar surface area (TPSA) is 0 Å². The number of unbranched alkanes of at least 4 members (excludes halogenated alkanes) is 1. The summed E-state index contributed by atoms with van der Waals surface area (Å²) in [7, 11) is 0. The van der Waals surface area contributed by atoms with E-state index in [1.807, 2.05) is 66.7 Å². The van der Waals surface area contributed by atoms with Crippen LogP contribution in [-0.4, -0.2) is 0 Å². The van der Waals surface area contributed by atoms with Crippen molar-refractivity contribution < 1.29 is 4.39 Å². The molecule has 0 saturated carbocycles. The van der Waals surface area contributed by atoms with Gasteiger partial charge in [0.25, 0.3) is 0 Å². The molecular formula is C31H25F. The molecule has 0 aliphatic heterocycles. The summed E-state index contributed by atoms with van der Waals surface area (Å²) in [6, 6.07) is 25.7. The smallest absolute Gasteiger partial charge is 0.134 e. The molecule has 32 heavy (non-hydrogen) atoms. The maximum Gasteiger partial charge on any atom is 0.134 e. The van der Waals surface area contributed by atoms with Gasteiger partial charge in [-0.15, -0.1) is 0 Å². The number of hydrogen-bond donors (Lipinski definition) is 0. The first-order valence-corrected chi connectivity index (χ1v) is 11.0. The molecule has 0 aliphatic carbocycles. The van der Waals surface area contributed by atoms with E-state index in [0.717, 1.165) is 52.5 Å². The maximum atomic E-state index is 14.8. The minimum absolute atomic E-state index is 0.0993. The standard InChI is InChI=1S/C31H25F/c1-3-4-5-28-19-20-29-22-27(18-21-30(29)31(28)32)17-16-26-14-12-25(13-15-26)11-10-24-8-6-23(2)7-9-24/h6-9,12-15,18-22H,3-5H2,1-2H3. The minimum atomic E-state index is -0.0993. The van der Waals surface area contributed by atoms with E-state index < -0.39 is 0 Å². The molecule has 0 unspecified atom stereocenters. The SMILES string of the molecule is CCCCc1ccc2cc(C#Cc3ccc(C#Cc4ccc(C)cc4)cc3)ccc2c1F. The van der Waals surface area contributed by atoms with Gasteiger partial charge in [0.15, 0.2) is 0 Å². The number of fused-ring (bicyclic) bond motifs is 1. The summed E-state index contributed by atoms with van der Waals surface area (Å²) in [6.07, 6.45) is 2.85. The highest BCUT2D eigenvalue weighted by Gasteiger charge is 2.07. The highest BCUT2D eigenvalue weighted by atomic mass is 19.1. The van der Waals surface area contributed by atoms with Crippen molar-refractivity contribution in [3.8, 4) is 23.7 Å². The Kier molecular flexibility index (Phi) is 6.69. The zero-order valence-electron chi connectivity index (χ0n) is 18.5. The second-order valence-corrected chi connectivity index (χ2v) is 8.02. The second-order valence-electron chi connectivity index (χ2n) is 8.02. The van der Waals surface area contributed by atoms with Crippen LogP contribution in [-0.2, 0) is 6.42 Å². The average Bonchev–Trinajstić information content (AvgIpc) is 2.82. The van der Waals surface area contributed by atoms with E-state index in [9.17, 15) is 4.39 Å². The van der Waals surface area contributed by atoms with E-state index >= 15 is 0 Å². The summed E-state index contributed by atoms with van der Waals surface area (Å²) in [4.78, 5) is 0. The molecule has 0 atom stereocenters. The van der Waals surface area contributed by atoms with Crippen LogP contribution < -0.4 is 0 Å². The zero-order chi connectivity index (χ0) is 22.3. The summed E-state index contributed by atoms with van der Waals surface area (Å²) in [5.41, 5.74) is 5.78. The fraction of sp³-hybridized carbons (Fsp3) is 0.161. The van der Waals surface area contributed by atoms with E-state index in [1.165, 1.54) is 5.56 Å². The molecule has 0 fully saturated rings. The summed E-state index contributed by atoms with van der Waals surface area (Å²) in [5, 5.41) is 1.55. The van der Waals surface area contributed by atoms with Crippen LogP contribution in [0.2, 0.25) is 0 Å². The van der Waals surface area contributed by atoms with Crippen molar-refractivity contribution in [1.82, 2.24) is 0 Å². The van der Waals surface area contributed by atoms with Crippen molar-refractivity contribution >= 4 is 10.8 Å². The van der Waals surface area contributed by atoms with Crippen LogP contribution >= 0.6 is 0 Å². The zero-order valence-corrected chi connectivity index (χ0v) is 18.5. The summed E-state index contributed by atoms with van der Waals surface area (Å²) in [5.74, 6) is 12.7. The number of hydrogen-bond acceptors (Lipinski definition) is 0. The Bertz CT molecular complexity index is 1350.